The van der Waals surface area contributed by atoms with E-state index >= 15 is 0 Å². The Kier molecular flexibility index (Phi) is 4.14. The van der Waals surface area contributed by atoms with Crippen molar-refractivity contribution in [2.45, 2.75) is 45.4 Å². The summed E-state index contributed by atoms with van der Waals surface area (Å²) in [6.07, 6.45) is 9.65. The molecular formula is C14H20N4O. The predicted molar refractivity (Wildman–Crippen MR) is 74.1 cm³/mol. The van der Waals surface area contributed by atoms with Gasteiger partial charge in [0.15, 0.2) is 0 Å². The number of nitrogens with zero attached hydrogens (tertiary/aromatic N) is 3. The lowest BCUT2D eigenvalue weighted by Gasteiger charge is -2.11. The molecule has 2 N–H and O–H groups in total. The molecule has 5 heteroatoms. The number of carbonyl (C=O) groups excluding carboxylic acids is 1. The number of amides is 1. The monoisotopic (exact) mass is 260 g/mol. The van der Waals surface area contributed by atoms with Gasteiger partial charge in [-0.1, -0.05) is 26.7 Å². The van der Waals surface area contributed by atoms with E-state index in [9.17, 15) is 4.79 Å². The molecule has 0 atom stereocenters. The molecule has 0 saturated carbocycles. The minimum absolute atomic E-state index is 0.402. The number of rotatable bonds is 6. The maximum Gasteiger partial charge on any atom is 0.251 e. The fraction of sp³-hybridized carbons (Fsp3) is 0.500. The number of fused-ring (bicyclic) bond motifs is 1. The van der Waals surface area contributed by atoms with E-state index < -0.39 is 5.91 Å². The van der Waals surface area contributed by atoms with Gasteiger partial charge in [-0.15, -0.1) is 0 Å². The number of nitrogens with two attached hydrogens (primary N) is 1. The highest BCUT2D eigenvalue weighted by Crippen LogP contribution is 2.25. The van der Waals surface area contributed by atoms with Crippen LogP contribution in [-0.2, 0) is 0 Å². The first-order valence-electron chi connectivity index (χ1n) is 6.80. The molecule has 0 spiro atoms. The summed E-state index contributed by atoms with van der Waals surface area (Å²) in [5, 5.41) is 0. The average molecular weight is 260 g/mol. The van der Waals surface area contributed by atoms with Gasteiger partial charge in [-0.25, -0.2) is 9.97 Å². The highest BCUT2D eigenvalue weighted by molar-refractivity contribution is 5.92. The van der Waals surface area contributed by atoms with E-state index in [0.717, 1.165) is 31.4 Å². The Hall–Kier alpha value is -1.91. The van der Waals surface area contributed by atoms with Crippen LogP contribution in [0.25, 0.3) is 5.78 Å². The second-order valence-electron chi connectivity index (χ2n) is 4.85. The molecule has 102 valence electrons. The maximum absolute atomic E-state index is 11.1. The lowest BCUT2D eigenvalue weighted by molar-refractivity contribution is 0.0999. The van der Waals surface area contributed by atoms with Gasteiger partial charge >= 0.3 is 0 Å². The molecule has 0 bridgehead atoms. The van der Waals surface area contributed by atoms with Crippen molar-refractivity contribution >= 4 is 11.7 Å². The van der Waals surface area contributed by atoms with Crippen molar-refractivity contribution in [3.63, 3.8) is 0 Å². The molecule has 0 unspecified atom stereocenters. The van der Waals surface area contributed by atoms with Gasteiger partial charge in [0.05, 0.1) is 11.3 Å². The van der Waals surface area contributed by atoms with Crippen LogP contribution in [0.5, 0.6) is 0 Å². The molecule has 0 aliphatic carbocycles. The largest absolute Gasteiger partial charge is 0.366 e. The Morgan fingerprint density at radius 2 is 2.00 bits per heavy atom. The molecule has 2 rings (SSSR count). The summed E-state index contributed by atoms with van der Waals surface area (Å²) in [6, 6.07) is 0. The minimum atomic E-state index is -0.469. The third kappa shape index (κ3) is 2.92. The Morgan fingerprint density at radius 3 is 2.58 bits per heavy atom. The Morgan fingerprint density at radius 1 is 1.32 bits per heavy atom. The second-order valence-corrected chi connectivity index (χ2v) is 4.85. The van der Waals surface area contributed by atoms with Crippen LogP contribution in [0.15, 0.2) is 18.6 Å². The zero-order valence-electron chi connectivity index (χ0n) is 11.5. The van der Waals surface area contributed by atoms with Crippen molar-refractivity contribution in [3.8, 4) is 0 Å². The first-order chi connectivity index (χ1) is 9.15. The van der Waals surface area contributed by atoms with Gasteiger partial charge in [0.25, 0.3) is 5.91 Å². The molecular weight excluding hydrogens is 240 g/mol. The van der Waals surface area contributed by atoms with E-state index in [4.69, 9.17) is 5.73 Å². The van der Waals surface area contributed by atoms with E-state index in [2.05, 4.69) is 23.8 Å². The first kappa shape index (κ1) is 13.5. The highest BCUT2D eigenvalue weighted by atomic mass is 16.1. The van der Waals surface area contributed by atoms with E-state index in [1.165, 1.54) is 6.20 Å². The number of carbonyl (C=O) groups is 1. The Labute approximate surface area is 112 Å². The SMILES string of the molecule is CCCC(CCC)c1cn2cc(C(N)=O)cnc2n1. The quantitative estimate of drug-likeness (QED) is 0.867. The van der Waals surface area contributed by atoms with Crippen molar-refractivity contribution in [1.82, 2.24) is 14.4 Å². The highest BCUT2D eigenvalue weighted by Gasteiger charge is 2.14. The van der Waals surface area contributed by atoms with Gasteiger partial charge in [-0.3, -0.25) is 9.20 Å². The maximum atomic E-state index is 11.1. The van der Waals surface area contributed by atoms with E-state index in [-0.39, 0.29) is 0 Å². The second kappa shape index (κ2) is 5.82. The van der Waals surface area contributed by atoms with Gasteiger partial charge in [-0.05, 0) is 12.8 Å². The summed E-state index contributed by atoms with van der Waals surface area (Å²) < 4.78 is 1.79. The molecule has 0 aromatic carbocycles. The molecule has 2 aromatic heterocycles. The van der Waals surface area contributed by atoms with E-state index in [0.29, 0.717) is 17.3 Å². The summed E-state index contributed by atoms with van der Waals surface area (Å²) in [5.74, 6) is 0.620. The minimum Gasteiger partial charge on any atom is -0.366 e. The Bertz CT molecular complexity index is 570. The average Bonchev–Trinajstić information content (AvgIpc) is 2.80. The van der Waals surface area contributed by atoms with Crippen LogP contribution in [0.3, 0.4) is 0 Å². The van der Waals surface area contributed by atoms with Crippen LogP contribution in [0.2, 0.25) is 0 Å². The van der Waals surface area contributed by atoms with Crippen LogP contribution < -0.4 is 5.73 Å². The zero-order valence-corrected chi connectivity index (χ0v) is 11.5. The van der Waals surface area contributed by atoms with Crippen LogP contribution in [0, 0.1) is 0 Å². The van der Waals surface area contributed by atoms with Gasteiger partial charge in [0.1, 0.15) is 0 Å². The van der Waals surface area contributed by atoms with Crippen LogP contribution in [-0.4, -0.2) is 20.3 Å². The molecule has 0 saturated heterocycles. The number of primary amides is 1. The van der Waals surface area contributed by atoms with E-state index in [1.807, 2.05) is 6.20 Å². The predicted octanol–water partition coefficient (Wildman–Crippen LogP) is 2.51. The van der Waals surface area contributed by atoms with Crippen molar-refractivity contribution in [2.24, 2.45) is 5.73 Å². The van der Waals surface area contributed by atoms with Crippen molar-refractivity contribution < 1.29 is 4.79 Å². The van der Waals surface area contributed by atoms with Crippen molar-refractivity contribution in [2.75, 3.05) is 0 Å². The number of aromatic nitrogens is 3. The number of hydrogen-bond donors (Lipinski definition) is 1. The van der Waals surface area contributed by atoms with Gasteiger partial charge in [0, 0.05) is 24.5 Å². The molecule has 0 radical (unpaired) electrons. The summed E-state index contributed by atoms with van der Waals surface area (Å²) in [7, 11) is 0. The molecule has 0 aliphatic heterocycles. The lowest BCUT2D eigenvalue weighted by atomic mass is 9.95. The third-order valence-corrected chi connectivity index (χ3v) is 3.31. The van der Waals surface area contributed by atoms with Gasteiger partial charge in [-0.2, -0.15) is 0 Å². The van der Waals surface area contributed by atoms with Gasteiger partial charge < -0.3 is 5.73 Å². The summed E-state index contributed by atoms with van der Waals surface area (Å²) in [6.45, 7) is 4.36. The number of imidazole rings is 1. The molecule has 5 nitrogen and oxygen atoms in total. The van der Waals surface area contributed by atoms with Crippen LogP contribution in [0.4, 0.5) is 0 Å². The topological polar surface area (TPSA) is 73.3 Å². The fourth-order valence-electron chi connectivity index (χ4n) is 2.36. The van der Waals surface area contributed by atoms with Gasteiger partial charge in [0.2, 0.25) is 5.78 Å². The van der Waals surface area contributed by atoms with E-state index in [1.54, 1.807) is 10.6 Å². The van der Waals surface area contributed by atoms with Crippen LogP contribution in [0.1, 0.15) is 61.5 Å². The van der Waals surface area contributed by atoms with Crippen LogP contribution >= 0.6 is 0 Å². The lowest BCUT2D eigenvalue weighted by Crippen LogP contribution is -2.12. The molecule has 1 amide bonds. The normalized spacial score (nSPS) is 11.3. The van der Waals surface area contributed by atoms with Crippen molar-refractivity contribution in [1.29, 1.82) is 0 Å². The molecule has 0 fully saturated rings. The summed E-state index contributed by atoms with van der Waals surface area (Å²) in [5.41, 5.74) is 6.71. The number of hydrogen-bond acceptors (Lipinski definition) is 3. The standard InChI is InChI=1S/C14H20N4O/c1-3-5-10(6-4-2)12-9-18-8-11(13(15)19)7-16-14(18)17-12/h7-10H,3-6H2,1-2H3,(H2,15,19). The zero-order chi connectivity index (χ0) is 13.8. The molecule has 19 heavy (non-hydrogen) atoms. The third-order valence-electron chi connectivity index (χ3n) is 3.31. The molecule has 0 aliphatic rings. The van der Waals surface area contributed by atoms with Crippen molar-refractivity contribution in [3.05, 3.63) is 29.8 Å². The fourth-order valence-corrected chi connectivity index (χ4v) is 2.36. The summed E-state index contributed by atoms with van der Waals surface area (Å²) >= 11 is 0. The first-order valence-corrected chi connectivity index (χ1v) is 6.80. The molecule has 2 aromatic rings. The summed E-state index contributed by atoms with van der Waals surface area (Å²) in [4.78, 5) is 19.9. The Balaban J connectivity index is 2.36. The molecule has 2 heterocycles. The smallest absolute Gasteiger partial charge is 0.251 e.